The fourth-order valence-electron chi connectivity index (χ4n) is 10.6. The van der Waals surface area contributed by atoms with Crippen LogP contribution in [-0.2, 0) is 31.9 Å². The molecule has 6 aromatic rings. The third-order valence-electron chi connectivity index (χ3n) is 14.5. The van der Waals surface area contributed by atoms with E-state index in [1.807, 2.05) is 6.20 Å². The van der Waals surface area contributed by atoms with Crippen molar-refractivity contribution in [1.29, 1.82) is 0 Å². The number of hydrogen-bond donors (Lipinski definition) is 0. The second kappa shape index (κ2) is 14.2. The predicted molar refractivity (Wildman–Crippen MR) is 244 cm³/mol. The molecule has 6 heteroatoms. The van der Waals surface area contributed by atoms with Gasteiger partial charge in [0.1, 0.15) is 5.82 Å². The third kappa shape index (κ3) is 6.34. The van der Waals surface area contributed by atoms with Crippen molar-refractivity contribution < 1.29 is 21.1 Å². The van der Waals surface area contributed by atoms with Gasteiger partial charge in [-0.2, -0.15) is 6.07 Å². The Morgan fingerprint density at radius 3 is 2.15 bits per heavy atom. The average Bonchev–Trinajstić information content (AvgIpc) is 3.61. The van der Waals surface area contributed by atoms with Crippen LogP contribution in [-0.4, -0.2) is 37.4 Å². The quantitative estimate of drug-likeness (QED) is 0.165. The van der Waals surface area contributed by atoms with Crippen molar-refractivity contribution in [2.45, 2.75) is 143 Å². The normalized spacial score (nSPS) is 20.4. The van der Waals surface area contributed by atoms with Gasteiger partial charge in [0.25, 0.3) is 0 Å². The standard InChI is InChI=1S/C53H61N5.Pt/c1-34-28-35(48-55-53(12,50(5,6)7)52(10,11)58(48)37-20-14-13-15-21-37)30-38(29-34)56-44-25-19-17-23-41(44)51(8,9)42-32-40-39-22-16-18-24-43(39)57(45(40)33-46(42)56)47-31-36(26-27-54-47)49(2,3)4;/h16-19,22-29,31-32,37H,13-15,20-21H2,1-12H3;/q-2;+2/t53-;/m1./s1. The molecule has 2 aromatic heterocycles. The Morgan fingerprint density at radius 1 is 0.746 bits per heavy atom. The first-order chi connectivity index (χ1) is 27.3. The monoisotopic (exact) mass is 962 g/mol. The molecule has 0 amide bonds. The van der Waals surface area contributed by atoms with Crippen LogP contribution >= 0.6 is 0 Å². The molecule has 5 nitrogen and oxygen atoms in total. The molecular weight excluding hydrogens is 902 g/mol. The zero-order valence-electron chi connectivity index (χ0n) is 37.2. The summed E-state index contributed by atoms with van der Waals surface area (Å²) in [5.41, 5.74) is 10.6. The molecule has 4 aromatic carbocycles. The first kappa shape index (κ1) is 41.5. The molecule has 0 bridgehead atoms. The van der Waals surface area contributed by atoms with Gasteiger partial charge in [-0.15, -0.1) is 46.3 Å². The Hall–Kier alpha value is -4.21. The molecule has 0 saturated heterocycles. The number of nitrogens with zero attached hydrogens (tertiary/aromatic N) is 5. The summed E-state index contributed by atoms with van der Waals surface area (Å²) < 4.78 is 2.32. The van der Waals surface area contributed by atoms with Gasteiger partial charge in [-0.1, -0.05) is 129 Å². The summed E-state index contributed by atoms with van der Waals surface area (Å²) in [6, 6.07) is 37.8. The van der Waals surface area contributed by atoms with Crippen molar-refractivity contribution in [3.8, 4) is 5.82 Å². The fourth-order valence-corrected chi connectivity index (χ4v) is 10.6. The number of fused-ring (bicyclic) bond motifs is 5. The molecule has 1 aliphatic carbocycles. The van der Waals surface area contributed by atoms with Crippen LogP contribution in [0.2, 0.25) is 0 Å². The molecule has 1 saturated carbocycles. The third-order valence-corrected chi connectivity index (χ3v) is 14.5. The Bertz CT molecular complexity index is 2630. The number of pyridine rings is 1. The Kier molecular flexibility index (Phi) is 9.98. The molecule has 0 unspecified atom stereocenters. The van der Waals surface area contributed by atoms with E-state index >= 15 is 0 Å². The van der Waals surface area contributed by atoms with Crippen LogP contribution in [0.3, 0.4) is 0 Å². The van der Waals surface area contributed by atoms with E-state index in [2.05, 4.69) is 188 Å². The van der Waals surface area contributed by atoms with Crippen LogP contribution < -0.4 is 4.90 Å². The van der Waals surface area contributed by atoms with Crippen LogP contribution in [0.4, 0.5) is 17.1 Å². The second-order valence-corrected chi connectivity index (χ2v) is 20.7. The van der Waals surface area contributed by atoms with E-state index in [9.17, 15) is 0 Å². The van der Waals surface area contributed by atoms with Gasteiger partial charge in [-0.25, -0.2) is 4.98 Å². The first-order valence-corrected chi connectivity index (χ1v) is 21.6. The number of aromatic nitrogens is 2. The predicted octanol–water partition coefficient (Wildman–Crippen LogP) is 13.5. The van der Waals surface area contributed by atoms with Crippen LogP contribution in [0, 0.1) is 24.5 Å². The minimum Gasteiger partial charge on any atom is -0.386 e. The summed E-state index contributed by atoms with van der Waals surface area (Å²) in [4.78, 5) is 16.0. The largest absolute Gasteiger partial charge is 2.00 e. The number of aliphatic imine (C=N–C) groups is 1. The van der Waals surface area contributed by atoms with Crippen molar-refractivity contribution in [2.24, 2.45) is 10.4 Å². The Balaban J connectivity index is 0.00000484. The smallest absolute Gasteiger partial charge is 0.386 e. The van der Waals surface area contributed by atoms with E-state index in [1.165, 1.54) is 65.1 Å². The molecule has 0 radical (unpaired) electrons. The summed E-state index contributed by atoms with van der Waals surface area (Å²) in [6.07, 6.45) is 8.23. The number of amidine groups is 1. The van der Waals surface area contributed by atoms with Crippen LogP contribution in [0.25, 0.3) is 27.6 Å². The van der Waals surface area contributed by atoms with Gasteiger partial charge in [0.05, 0.1) is 11.1 Å². The van der Waals surface area contributed by atoms with Crippen molar-refractivity contribution >= 4 is 44.7 Å². The van der Waals surface area contributed by atoms with Gasteiger partial charge in [0, 0.05) is 29.3 Å². The van der Waals surface area contributed by atoms with E-state index in [0.29, 0.717) is 6.04 Å². The molecule has 0 spiro atoms. The van der Waals surface area contributed by atoms with Crippen LogP contribution in [0.1, 0.15) is 136 Å². The van der Waals surface area contributed by atoms with Crippen molar-refractivity contribution in [3.05, 3.63) is 125 Å². The second-order valence-electron chi connectivity index (χ2n) is 20.7. The number of rotatable bonds is 4. The van der Waals surface area contributed by atoms with Gasteiger partial charge in [0.15, 0.2) is 0 Å². The minimum atomic E-state index is -0.302. The van der Waals surface area contributed by atoms with Crippen LogP contribution in [0.5, 0.6) is 0 Å². The van der Waals surface area contributed by atoms with Gasteiger partial charge >= 0.3 is 21.1 Å². The first-order valence-electron chi connectivity index (χ1n) is 21.6. The SMILES string of the molecule is Cc1cc(C2=N[C@](C)(C(C)(C)C)C(C)(C)N2C2CCCCC2)[c-]c(N2c3[c-]c4c(cc3C(C)(C)c3ccccc32)c2ccccc2n4-c2cc(C(C)(C)C)ccn2)c1.[Pt+2]. The Labute approximate surface area is 367 Å². The molecule has 2 aliphatic heterocycles. The summed E-state index contributed by atoms with van der Waals surface area (Å²) in [5.74, 6) is 2.00. The number of aryl methyl sites for hydroxylation is 1. The molecule has 1 atom stereocenters. The number of para-hydroxylation sites is 2. The van der Waals surface area contributed by atoms with E-state index < -0.39 is 0 Å². The van der Waals surface area contributed by atoms with Gasteiger partial charge in [-0.05, 0) is 96.3 Å². The van der Waals surface area contributed by atoms with E-state index in [-0.39, 0.29) is 48.4 Å². The molecule has 3 aliphatic rings. The van der Waals surface area contributed by atoms with Crippen LogP contribution in [0.15, 0.2) is 90.1 Å². The molecule has 4 heterocycles. The summed E-state index contributed by atoms with van der Waals surface area (Å²) in [5, 5.41) is 2.39. The maximum atomic E-state index is 5.82. The molecule has 308 valence electrons. The number of benzene rings is 4. The van der Waals surface area contributed by atoms with Crippen molar-refractivity contribution in [2.75, 3.05) is 4.90 Å². The van der Waals surface area contributed by atoms with Crippen molar-refractivity contribution in [1.82, 2.24) is 14.5 Å². The summed E-state index contributed by atoms with van der Waals surface area (Å²) >= 11 is 0. The average molecular weight is 963 g/mol. The zero-order chi connectivity index (χ0) is 41.2. The molecular formula is C53H61N5Pt. The molecule has 9 rings (SSSR count). The van der Waals surface area contributed by atoms with E-state index in [4.69, 9.17) is 9.98 Å². The number of anilines is 3. The van der Waals surface area contributed by atoms with Gasteiger partial charge in [0.2, 0.25) is 0 Å². The molecule has 1 fully saturated rings. The van der Waals surface area contributed by atoms with Crippen molar-refractivity contribution in [3.63, 3.8) is 0 Å². The molecule has 59 heavy (non-hydrogen) atoms. The molecule has 0 N–H and O–H groups in total. The summed E-state index contributed by atoms with van der Waals surface area (Å²) in [7, 11) is 0. The van der Waals surface area contributed by atoms with E-state index in [1.54, 1.807) is 0 Å². The zero-order valence-corrected chi connectivity index (χ0v) is 39.5. The number of hydrogen-bond acceptors (Lipinski definition) is 4. The Morgan fingerprint density at radius 2 is 1.44 bits per heavy atom. The topological polar surface area (TPSA) is 36.7 Å². The van der Waals surface area contributed by atoms with E-state index in [0.717, 1.165) is 45.3 Å². The van der Waals surface area contributed by atoms with Gasteiger partial charge < -0.3 is 19.4 Å². The maximum absolute atomic E-state index is 5.82. The fraction of sp³-hybridized carbons (Fsp3) is 0.434. The summed E-state index contributed by atoms with van der Waals surface area (Å²) in [6.45, 7) is 28.1. The van der Waals surface area contributed by atoms with Gasteiger partial charge in [-0.3, -0.25) is 0 Å². The minimum absolute atomic E-state index is 0. The maximum Gasteiger partial charge on any atom is 2.00 e.